The Bertz CT molecular complexity index is 405. The van der Waals surface area contributed by atoms with Crippen molar-refractivity contribution in [2.75, 3.05) is 11.4 Å². The molecule has 0 spiro atoms. The third kappa shape index (κ3) is 3.25. The second kappa shape index (κ2) is 5.14. The molecule has 0 saturated heterocycles. The number of hydrogen-bond donors (Lipinski definition) is 0. The van der Waals surface area contributed by atoms with Crippen molar-refractivity contribution in [2.24, 2.45) is 0 Å². The van der Waals surface area contributed by atoms with Crippen LogP contribution >= 0.6 is 0 Å². The zero-order valence-corrected chi connectivity index (χ0v) is 11.2. The van der Waals surface area contributed by atoms with Crippen LogP contribution in [0.2, 0.25) is 0 Å². The smallest absolute Gasteiger partial charge is 0.731 e. The number of benzene rings is 1. The summed E-state index contributed by atoms with van der Waals surface area (Å²) in [4.78, 5) is 0. The summed E-state index contributed by atoms with van der Waals surface area (Å²) in [5, 5.41) is 0. The van der Waals surface area contributed by atoms with Crippen molar-refractivity contribution >= 4 is 16.0 Å². The van der Waals surface area contributed by atoms with Crippen LogP contribution < -0.4 is 33.9 Å². The standard InChI is InChI=1S/C8H11NO3S.Na/c1-7-5-3-4-6-8(7)9(2)13(10,11)12;/h3-6H,1-2H3,(H,10,11,12);/q;+1/p-1. The molecule has 0 fully saturated rings. The molecule has 72 valence electrons. The van der Waals surface area contributed by atoms with Gasteiger partial charge in [-0.2, -0.15) is 0 Å². The predicted molar refractivity (Wildman–Crippen MR) is 49.3 cm³/mol. The molecule has 0 radical (unpaired) electrons. The van der Waals surface area contributed by atoms with Crippen LogP contribution in [0.3, 0.4) is 0 Å². The quantitative estimate of drug-likeness (QED) is 0.426. The number of nitrogens with zero attached hydrogens (tertiary/aromatic N) is 1. The van der Waals surface area contributed by atoms with Crippen LogP contribution in [-0.4, -0.2) is 20.0 Å². The molecule has 0 aliphatic carbocycles. The number of rotatable bonds is 2. The van der Waals surface area contributed by atoms with Gasteiger partial charge in [-0.1, -0.05) is 18.2 Å². The maximum absolute atomic E-state index is 10.7. The van der Waals surface area contributed by atoms with Crippen LogP contribution in [0.1, 0.15) is 5.56 Å². The molecule has 0 N–H and O–H groups in total. The molecule has 0 aliphatic heterocycles. The number of anilines is 1. The van der Waals surface area contributed by atoms with Crippen LogP contribution in [0.5, 0.6) is 0 Å². The molecule has 6 heteroatoms. The molecule has 0 bridgehead atoms. The van der Waals surface area contributed by atoms with Crippen LogP contribution in [0.4, 0.5) is 5.69 Å². The van der Waals surface area contributed by atoms with E-state index in [-0.39, 0.29) is 29.6 Å². The molecular formula is C8H10NNaO3S. The summed E-state index contributed by atoms with van der Waals surface area (Å²) in [5.74, 6) is 0. The van der Waals surface area contributed by atoms with Crippen molar-refractivity contribution in [2.45, 2.75) is 6.92 Å². The van der Waals surface area contributed by atoms with Crippen molar-refractivity contribution < 1.29 is 42.5 Å². The third-order valence-electron chi connectivity index (χ3n) is 1.79. The summed E-state index contributed by atoms with van der Waals surface area (Å²) >= 11 is 0. The van der Waals surface area contributed by atoms with E-state index in [2.05, 4.69) is 0 Å². The van der Waals surface area contributed by atoms with Crippen molar-refractivity contribution in [1.82, 2.24) is 0 Å². The van der Waals surface area contributed by atoms with Gasteiger partial charge < -0.3 is 4.55 Å². The molecule has 0 aromatic heterocycles. The molecule has 0 aliphatic rings. The molecule has 1 aromatic rings. The number of aryl methyl sites for hydroxylation is 1. The zero-order chi connectivity index (χ0) is 10.1. The fourth-order valence-corrected chi connectivity index (χ4v) is 1.48. The molecule has 0 amide bonds. The first-order valence-corrected chi connectivity index (χ1v) is 5.05. The summed E-state index contributed by atoms with van der Waals surface area (Å²) in [7, 11) is -3.15. The van der Waals surface area contributed by atoms with E-state index < -0.39 is 10.3 Å². The second-order valence-corrected chi connectivity index (χ2v) is 4.11. The Kier molecular flexibility index (Phi) is 5.11. The van der Waals surface area contributed by atoms with Crippen LogP contribution in [0, 0.1) is 6.92 Å². The van der Waals surface area contributed by atoms with E-state index >= 15 is 0 Å². The first-order valence-electron chi connectivity index (χ1n) is 3.68. The maximum atomic E-state index is 10.7. The topological polar surface area (TPSA) is 60.4 Å². The van der Waals surface area contributed by atoms with Gasteiger partial charge in [0.2, 0.25) is 0 Å². The van der Waals surface area contributed by atoms with E-state index in [1.165, 1.54) is 7.05 Å². The van der Waals surface area contributed by atoms with Crippen molar-refractivity contribution in [1.29, 1.82) is 0 Å². The minimum atomic E-state index is -4.40. The first kappa shape index (κ1) is 13.9. The minimum absolute atomic E-state index is 0. The van der Waals surface area contributed by atoms with Gasteiger partial charge in [0.15, 0.2) is 10.3 Å². The Labute approximate surface area is 106 Å². The third-order valence-corrected chi connectivity index (χ3v) is 2.66. The summed E-state index contributed by atoms with van der Waals surface area (Å²) < 4.78 is 32.7. The number of para-hydroxylation sites is 1. The van der Waals surface area contributed by atoms with Gasteiger partial charge in [0.1, 0.15) is 0 Å². The fourth-order valence-electron chi connectivity index (χ4n) is 1.04. The minimum Gasteiger partial charge on any atom is -0.731 e. The zero-order valence-electron chi connectivity index (χ0n) is 8.39. The summed E-state index contributed by atoms with van der Waals surface area (Å²) in [6.07, 6.45) is 0. The fraction of sp³-hybridized carbons (Fsp3) is 0.250. The number of hydrogen-bond acceptors (Lipinski definition) is 3. The second-order valence-electron chi connectivity index (χ2n) is 2.71. The Morgan fingerprint density at radius 3 is 2.21 bits per heavy atom. The summed E-state index contributed by atoms with van der Waals surface area (Å²) in [6.45, 7) is 1.75. The van der Waals surface area contributed by atoms with Gasteiger partial charge >= 0.3 is 29.6 Å². The van der Waals surface area contributed by atoms with E-state index in [1.807, 2.05) is 0 Å². The molecule has 14 heavy (non-hydrogen) atoms. The molecule has 1 aromatic carbocycles. The van der Waals surface area contributed by atoms with E-state index in [1.54, 1.807) is 31.2 Å². The van der Waals surface area contributed by atoms with Crippen molar-refractivity contribution in [3.8, 4) is 0 Å². The van der Waals surface area contributed by atoms with Crippen molar-refractivity contribution in [3.05, 3.63) is 29.8 Å². The van der Waals surface area contributed by atoms with Gasteiger partial charge in [-0.15, -0.1) is 0 Å². The van der Waals surface area contributed by atoms with Crippen molar-refractivity contribution in [3.63, 3.8) is 0 Å². The van der Waals surface area contributed by atoms with Gasteiger partial charge in [0.05, 0.1) is 5.69 Å². The molecule has 4 nitrogen and oxygen atoms in total. The Morgan fingerprint density at radius 2 is 1.79 bits per heavy atom. The molecule has 0 unspecified atom stereocenters. The van der Waals surface area contributed by atoms with Crippen LogP contribution in [-0.2, 0) is 10.3 Å². The molecule has 0 atom stereocenters. The largest absolute Gasteiger partial charge is 1.00 e. The Morgan fingerprint density at radius 1 is 1.29 bits per heavy atom. The normalized spacial score (nSPS) is 10.5. The molecule has 0 saturated carbocycles. The van der Waals surface area contributed by atoms with E-state index in [4.69, 9.17) is 0 Å². The summed E-state index contributed by atoms with van der Waals surface area (Å²) in [6, 6.07) is 6.80. The molecule has 0 heterocycles. The van der Waals surface area contributed by atoms with Crippen LogP contribution in [0.25, 0.3) is 0 Å². The first-order chi connectivity index (χ1) is 5.93. The average molecular weight is 223 g/mol. The average Bonchev–Trinajstić information content (AvgIpc) is 2.02. The predicted octanol–water partition coefficient (Wildman–Crippen LogP) is -2.10. The Hall–Kier alpha value is -0.0700. The molecular weight excluding hydrogens is 213 g/mol. The van der Waals surface area contributed by atoms with Crippen LogP contribution in [0.15, 0.2) is 24.3 Å². The van der Waals surface area contributed by atoms with Gasteiger partial charge in [-0.3, -0.25) is 4.31 Å². The van der Waals surface area contributed by atoms with E-state index in [0.717, 1.165) is 9.87 Å². The van der Waals surface area contributed by atoms with Gasteiger partial charge in [0.25, 0.3) is 0 Å². The van der Waals surface area contributed by atoms with Gasteiger partial charge in [0, 0.05) is 7.05 Å². The van der Waals surface area contributed by atoms with E-state index in [9.17, 15) is 13.0 Å². The summed E-state index contributed by atoms with van der Waals surface area (Å²) in [5.41, 5.74) is 1.17. The monoisotopic (exact) mass is 223 g/mol. The molecule has 1 rings (SSSR count). The maximum Gasteiger partial charge on any atom is 1.00 e. The SMILES string of the molecule is Cc1ccccc1N(C)S(=O)(=O)[O-].[Na+]. The van der Waals surface area contributed by atoms with Gasteiger partial charge in [-0.25, -0.2) is 8.42 Å². The van der Waals surface area contributed by atoms with E-state index in [0.29, 0.717) is 5.69 Å². The van der Waals surface area contributed by atoms with Gasteiger partial charge in [-0.05, 0) is 18.6 Å². The Balaban J connectivity index is 0.00000169.